The Bertz CT molecular complexity index is 1220. The van der Waals surface area contributed by atoms with Crippen LogP contribution in [0.5, 0.6) is 0 Å². The number of alkyl halides is 2. The molecule has 1 heterocycles. The number of fused-ring (bicyclic) bond motifs is 1. The molecule has 3 aromatic rings. The lowest BCUT2D eigenvalue weighted by Crippen LogP contribution is -2.13. The second kappa shape index (κ2) is 8.19. The summed E-state index contributed by atoms with van der Waals surface area (Å²) in [6, 6.07) is 11.9. The smallest absolute Gasteiger partial charge is 0.341 e. The lowest BCUT2D eigenvalue weighted by atomic mass is 10.1. The van der Waals surface area contributed by atoms with Crippen LogP contribution in [0.2, 0.25) is 0 Å². The van der Waals surface area contributed by atoms with E-state index in [4.69, 9.17) is 0 Å². The number of hydrogen-bond acceptors (Lipinski definition) is 7. The van der Waals surface area contributed by atoms with Gasteiger partial charge < -0.3 is 10.2 Å². The average molecular weight is 436 g/mol. The quantitative estimate of drug-likeness (QED) is 0.443. The van der Waals surface area contributed by atoms with Crippen molar-refractivity contribution < 1.29 is 22.1 Å². The molecule has 0 saturated heterocycles. The van der Waals surface area contributed by atoms with Gasteiger partial charge in [-0.15, -0.1) is 0 Å². The molecule has 8 nitrogen and oxygen atoms in total. The number of pyridine rings is 1. The number of para-hydroxylation sites is 1. The molecule has 1 aromatic heterocycles. The standard InChI is InChI=1S/C19H18F2N4O4S/c1-24(2)18-9-12(14-5-3-4-6-15(14)23-18)11-22-16-8-7-13(10-17(16)25(26)27)30(28,29)19(20)21/h3-10,19,22H,11H2,1-2H3. The largest absolute Gasteiger partial charge is 0.375 e. The van der Waals surface area contributed by atoms with Gasteiger partial charge >= 0.3 is 5.76 Å². The fourth-order valence-electron chi connectivity index (χ4n) is 2.89. The second-order valence-electron chi connectivity index (χ2n) is 6.65. The number of sulfone groups is 1. The van der Waals surface area contributed by atoms with E-state index in [1.54, 1.807) is 0 Å². The summed E-state index contributed by atoms with van der Waals surface area (Å²) in [7, 11) is -1.27. The number of nitro benzene ring substituents is 1. The SMILES string of the molecule is CN(C)c1cc(CNc2ccc(S(=O)(=O)C(F)F)cc2[N+](=O)[O-])c2ccccc2n1. The Labute approximate surface area is 171 Å². The predicted octanol–water partition coefficient (Wildman–Crippen LogP) is 3.82. The number of aromatic nitrogens is 1. The first kappa shape index (κ1) is 21.4. The van der Waals surface area contributed by atoms with Crippen molar-refractivity contribution >= 4 is 37.9 Å². The highest BCUT2D eigenvalue weighted by Crippen LogP contribution is 2.31. The molecule has 0 saturated carbocycles. The van der Waals surface area contributed by atoms with Crippen molar-refractivity contribution in [2.75, 3.05) is 24.3 Å². The molecule has 0 radical (unpaired) electrons. The highest BCUT2D eigenvalue weighted by molar-refractivity contribution is 7.91. The zero-order valence-corrected chi connectivity index (χ0v) is 16.9. The van der Waals surface area contributed by atoms with Crippen LogP contribution in [0, 0.1) is 10.1 Å². The van der Waals surface area contributed by atoms with Gasteiger partial charge in [-0.2, -0.15) is 8.78 Å². The number of nitrogens with one attached hydrogen (secondary N) is 1. The third kappa shape index (κ3) is 4.15. The Morgan fingerprint density at radius 2 is 1.87 bits per heavy atom. The van der Waals surface area contributed by atoms with E-state index in [0.29, 0.717) is 11.9 Å². The first-order chi connectivity index (χ1) is 14.1. The van der Waals surface area contributed by atoms with Gasteiger partial charge in [-0.05, 0) is 29.8 Å². The molecule has 0 aliphatic rings. The first-order valence-electron chi connectivity index (χ1n) is 8.71. The third-order valence-corrected chi connectivity index (χ3v) is 5.82. The van der Waals surface area contributed by atoms with Crippen LogP contribution in [0.1, 0.15) is 5.56 Å². The van der Waals surface area contributed by atoms with Crippen molar-refractivity contribution in [3.63, 3.8) is 0 Å². The molecule has 1 N–H and O–H groups in total. The van der Waals surface area contributed by atoms with Gasteiger partial charge in [0.2, 0.25) is 9.84 Å². The Hall–Kier alpha value is -3.34. The highest BCUT2D eigenvalue weighted by Gasteiger charge is 2.29. The van der Waals surface area contributed by atoms with Gasteiger partial charge in [0.25, 0.3) is 5.69 Å². The number of nitro groups is 1. The molecular formula is C19H18F2N4O4S. The maximum absolute atomic E-state index is 12.8. The molecule has 0 bridgehead atoms. The minimum atomic E-state index is -4.94. The normalized spacial score (nSPS) is 11.6. The summed E-state index contributed by atoms with van der Waals surface area (Å²) < 4.78 is 48.8. The monoisotopic (exact) mass is 436 g/mol. The van der Waals surface area contributed by atoms with Crippen molar-refractivity contribution in [1.29, 1.82) is 0 Å². The molecule has 0 atom stereocenters. The number of benzene rings is 2. The second-order valence-corrected chi connectivity index (χ2v) is 8.56. The minimum absolute atomic E-state index is 0.0144. The number of rotatable bonds is 7. The van der Waals surface area contributed by atoms with Crippen LogP contribution in [0.3, 0.4) is 0 Å². The van der Waals surface area contributed by atoms with E-state index in [1.807, 2.05) is 49.3 Å². The summed E-state index contributed by atoms with van der Waals surface area (Å²) in [5.74, 6) is -2.97. The highest BCUT2D eigenvalue weighted by atomic mass is 32.2. The summed E-state index contributed by atoms with van der Waals surface area (Å²) in [4.78, 5) is 16.1. The number of hydrogen-bond donors (Lipinski definition) is 1. The molecule has 30 heavy (non-hydrogen) atoms. The van der Waals surface area contributed by atoms with Crippen LogP contribution in [-0.2, 0) is 16.4 Å². The Kier molecular flexibility index (Phi) is 5.83. The molecule has 0 aliphatic heterocycles. The molecule has 0 amide bonds. The third-order valence-electron chi connectivity index (χ3n) is 4.44. The van der Waals surface area contributed by atoms with E-state index in [0.717, 1.165) is 28.6 Å². The van der Waals surface area contributed by atoms with Gasteiger partial charge in [0.15, 0.2) is 0 Å². The first-order valence-corrected chi connectivity index (χ1v) is 10.3. The van der Waals surface area contributed by atoms with Crippen molar-refractivity contribution in [1.82, 2.24) is 4.98 Å². The zero-order chi connectivity index (χ0) is 22.1. The van der Waals surface area contributed by atoms with Gasteiger partial charge in [-0.1, -0.05) is 18.2 Å². The maximum Gasteiger partial charge on any atom is 0.341 e. The fraction of sp³-hybridized carbons (Fsp3) is 0.211. The topological polar surface area (TPSA) is 105 Å². The van der Waals surface area contributed by atoms with Crippen LogP contribution >= 0.6 is 0 Å². The Morgan fingerprint density at radius 1 is 1.17 bits per heavy atom. The molecule has 2 aromatic carbocycles. The molecular weight excluding hydrogens is 418 g/mol. The molecule has 3 rings (SSSR count). The Balaban J connectivity index is 1.99. The van der Waals surface area contributed by atoms with Crippen molar-refractivity contribution in [3.05, 3.63) is 64.2 Å². The van der Waals surface area contributed by atoms with Crippen molar-refractivity contribution in [2.24, 2.45) is 0 Å². The van der Waals surface area contributed by atoms with Crippen molar-refractivity contribution in [2.45, 2.75) is 17.2 Å². The Morgan fingerprint density at radius 3 is 2.50 bits per heavy atom. The number of nitrogens with zero attached hydrogens (tertiary/aromatic N) is 3. The fourth-order valence-corrected chi connectivity index (χ4v) is 3.63. The van der Waals surface area contributed by atoms with E-state index in [-0.39, 0.29) is 12.2 Å². The average Bonchev–Trinajstić information content (AvgIpc) is 2.71. The molecule has 0 fully saturated rings. The predicted molar refractivity (Wildman–Crippen MR) is 110 cm³/mol. The molecule has 158 valence electrons. The zero-order valence-electron chi connectivity index (χ0n) is 16.0. The van der Waals surface area contributed by atoms with Crippen LogP contribution in [0.15, 0.2) is 53.4 Å². The number of halogens is 2. The van der Waals surface area contributed by atoms with Crippen molar-refractivity contribution in [3.8, 4) is 0 Å². The molecule has 0 spiro atoms. The van der Waals surface area contributed by atoms with Gasteiger partial charge in [0.05, 0.1) is 15.3 Å². The minimum Gasteiger partial charge on any atom is -0.375 e. The maximum atomic E-state index is 12.8. The van der Waals surface area contributed by atoms with Crippen LogP contribution in [0.4, 0.5) is 26.0 Å². The summed E-state index contributed by atoms with van der Waals surface area (Å²) >= 11 is 0. The number of anilines is 2. The lowest BCUT2D eigenvalue weighted by molar-refractivity contribution is -0.384. The van der Waals surface area contributed by atoms with Gasteiger partial charge in [-0.25, -0.2) is 13.4 Å². The molecule has 11 heteroatoms. The lowest BCUT2D eigenvalue weighted by Gasteiger charge is -2.16. The van der Waals surface area contributed by atoms with Crippen LogP contribution < -0.4 is 10.2 Å². The summed E-state index contributed by atoms with van der Waals surface area (Å²) in [5.41, 5.74) is 0.958. The molecule has 0 unspecified atom stereocenters. The van der Waals surface area contributed by atoms with E-state index in [2.05, 4.69) is 10.3 Å². The van der Waals surface area contributed by atoms with Gasteiger partial charge in [0.1, 0.15) is 11.5 Å². The van der Waals surface area contributed by atoms with Crippen LogP contribution in [0.25, 0.3) is 10.9 Å². The summed E-state index contributed by atoms with van der Waals surface area (Å²) in [6.07, 6.45) is 0. The van der Waals surface area contributed by atoms with E-state index < -0.39 is 31.1 Å². The van der Waals surface area contributed by atoms with E-state index in [1.165, 1.54) is 0 Å². The van der Waals surface area contributed by atoms with E-state index in [9.17, 15) is 27.3 Å². The van der Waals surface area contributed by atoms with Crippen LogP contribution in [-0.4, -0.2) is 38.2 Å². The van der Waals surface area contributed by atoms with E-state index >= 15 is 0 Å². The summed E-state index contributed by atoms with van der Waals surface area (Å²) in [6.45, 7) is 0.172. The van der Waals surface area contributed by atoms with Gasteiger partial charge in [-0.3, -0.25) is 10.1 Å². The molecule has 0 aliphatic carbocycles. The van der Waals surface area contributed by atoms with Gasteiger partial charge in [0, 0.05) is 32.1 Å². The summed E-state index contributed by atoms with van der Waals surface area (Å²) in [5, 5.41) is 15.2.